The number of sulfonamides is 1. The van der Waals surface area contributed by atoms with Crippen molar-refractivity contribution in [3.63, 3.8) is 0 Å². The van der Waals surface area contributed by atoms with Crippen molar-refractivity contribution in [1.29, 1.82) is 0 Å². The minimum Gasteiger partial charge on any atom is -0.334 e. The lowest BCUT2D eigenvalue weighted by molar-refractivity contribution is 0.0560. The smallest absolute Gasteiger partial charge is 0.254 e. The van der Waals surface area contributed by atoms with Crippen LogP contribution in [0.15, 0.2) is 53.7 Å². The zero-order valence-corrected chi connectivity index (χ0v) is 16.5. The van der Waals surface area contributed by atoms with Crippen molar-refractivity contribution in [1.82, 2.24) is 14.2 Å². The molecule has 2 aromatic rings. The van der Waals surface area contributed by atoms with E-state index >= 15 is 0 Å². The monoisotopic (exact) mass is 399 g/mol. The van der Waals surface area contributed by atoms with Gasteiger partial charge in [-0.3, -0.25) is 14.6 Å². The SMILES string of the molecule is CCN1C(=O)c2ccccc2C(=O)[C@@]2(C)CN(S(=O)(=O)c3cccnc3)C[C@@H]12. The fourth-order valence-electron chi connectivity index (χ4n) is 4.26. The lowest BCUT2D eigenvalue weighted by atomic mass is 9.78. The highest BCUT2D eigenvalue weighted by Crippen LogP contribution is 2.42. The summed E-state index contributed by atoms with van der Waals surface area (Å²) in [7, 11) is -3.82. The summed E-state index contributed by atoms with van der Waals surface area (Å²) in [6, 6.07) is 9.28. The molecule has 4 rings (SSSR count). The summed E-state index contributed by atoms with van der Waals surface area (Å²) in [5.74, 6) is -0.429. The van der Waals surface area contributed by atoms with Gasteiger partial charge in [0.15, 0.2) is 5.78 Å². The van der Waals surface area contributed by atoms with Gasteiger partial charge in [0.2, 0.25) is 10.0 Å². The Morgan fingerprint density at radius 3 is 2.50 bits per heavy atom. The van der Waals surface area contributed by atoms with E-state index in [1.807, 2.05) is 6.92 Å². The molecule has 1 saturated heterocycles. The van der Waals surface area contributed by atoms with Crippen molar-refractivity contribution in [3.05, 3.63) is 59.9 Å². The predicted octanol–water partition coefficient (Wildman–Crippen LogP) is 1.82. The van der Waals surface area contributed by atoms with Crippen LogP contribution in [0.25, 0.3) is 0 Å². The average molecular weight is 399 g/mol. The van der Waals surface area contributed by atoms with Crippen LogP contribution in [0, 0.1) is 5.41 Å². The van der Waals surface area contributed by atoms with Crippen molar-refractivity contribution >= 4 is 21.7 Å². The quantitative estimate of drug-likeness (QED) is 0.786. The third kappa shape index (κ3) is 2.59. The van der Waals surface area contributed by atoms with Crippen LogP contribution in [-0.4, -0.2) is 60.0 Å². The average Bonchev–Trinajstić information content (AvgIpc) is 3.05. The third-order valence-electron chi connectivity index (χ3n) is 5.79. The number of carbonyl (C=O) groups excluding carboxylic acids is 2. The number of benzene rings is 1. The molecule has 2 aliphatic rings. The Labute approximate surface area is 164 Å². The number of pyridine rings is 1. The number of hydrogen-bond donors (Lipinski definition) is 0. The lowest BCUT2D eigenvalue weighted by Gasteiger charge is -2.34. The minimum atomic E-state index is -3.82. The molecular formula is C20H21N3O4S. The number of amides is 1. The molecule has 0 N–H and O–H groups in total. The zero-order chi connectivity index (χ0) is 20.1. The maximum atomic E-state index is 13.4. The van der Waals surface area contributed by atoms with Crippen LogP contribution < -0.4 is 0 Å². The van der Waals surface area contributed by atoms with E-state index in [4.69, 9.17) is 0 Å². The molecule has 1 aromatic heterocycles. The summed E-state index contributed by atoms with van der Waals surface area (Å²) < 4.78 is 27.5. The number of aromatic nitrogens is 1. The van der Waals surface area contributed by atoms with Gasteiger partial charge in [-0.05, 0) is 32.0 Å². The maximum absolute atomic E-state index is 13.4. The standard InChI is InChI=1S/C20H21N3O4S/c1-3-23-17-12-22(28(26,27)14-7-6-10-21-11-14)13-20(17,2)18(24)15-8-4-5-9-16(15)19(23)25/h4-11,17H,3,12-13H2,1-2H3/t17-,20+/m1/s1. The summed E-state index contributed by atoms with van der Waals surface area (Å²) in [5.41, 5.74) is -0.281. The first kappa shape index (κ1) is 18.8. The van der Waals surface area contributed by atoms with E-state index in [-0.39, 0.29) is 29.7 Å². The van der Waals surface area contributed by atoms with Gasteiger partial charge < -0.3 is 4.90 Å². The Balaban J connectivity index is 1.82. The van der Waals surface area contributed by atoms with Gasteiger partial charge in [-0.1, -0.05) is 18.2 Å². The van der Waals surface area contributed by atoms with Gasteiger partial charge in [0.25, 0.3) is 5.91 Å². The van der Waals surface area contributed by atoms with Crippen LogP contribution in [0.5, 0.6) is 0 Å². The Morgan fingerprint density at radius 2 is 1.86 bits per heavy atom. The highest BCUT2D eigenvalue weighted by atomic mass is 32.2. The molecule has 2 aliphatic heterocycles. The Hall–Kier alpha value is -2.58. The molecule has 7 nitrogen and oxygen atoms in total. The molecular weight excluding hydrogens is 378 g/mol. The zero-order valence-electron chi connectivity index (χ0n) is 15.7. The van der Waals surface area contributed by atoms with Crippen molar-refractivity contribution in [2.75, 3.05) is 19.6 Å². The normalized spacial score (nSPS) is 25.4. The van der Waals surface area contributed by atoms with E-state index in [1.54, 1.807) is 42.2 Å². The molecule has 0 aliphatic carbocycles. The fourth-order valence-corrected chi connectivity index (χ4v) is 5.78. The first-order valence-electron chi connectivity index (χ1n) is 9.15. The Bertz CT molecular complexity index is 1050. The number of Topliss-reactive ketones (excluding diaryl/α,β-unsaturated/α-hetero) is 1. The first-order chi connectivity index (χ1) is 13.3. The molecule has 2 atom stereocenters. The molecule has 146 valence electrons. The first-order valence-corrected chi connectivity index (χ1v) is 10.6. The second-order valence-electron chi connectivity index (χ2n) is 7.39. The largest absolute Gasteiger partial charge is 0.334 e. The number of fused-ring (bicyclic) bond motifs is 2. The molecule has 3 heterocycles. The van der Waals surface area contributed by atoms with Crippen LogP contribution in [0.1, 0.15) is 34.6 Å². The molecule has 0 saturated carbocycles. The number of likely N-dealkylation sites (N-methyl/N-ethyl adjacent to an activating group) is 1. The van der Waals surface area contributed by atoms with Crippen molar-refractivity contribution < 1.29 is 18.0 Å². The summed E-state index contributed by atoms with van der Waals surface area (Å²) in [6.45, 7) is 4.09. The molecule has 0 unspecified atom stereocenters. The topological polar surface area (TPSA) is 87.7 Å². The van der Waals surface area contributed by atoms with Crippen molar-refractivity contribution in [3.8, 4) is 0 Å². The van der Waals surface area contributed by atoms with Gasteiger partial charge in [-0.15, -0.1) is 0 Å². The minimum absolute atomic E-state index is 0.0197. The molecule has 1 fully saturated rings. The van der Waals surface area contributed by atoms with E-state index in [1.165, 1.54) is 22.8 Å². The van der Waals surface area contributed by atoms with Crippen LogP contribution in [0.3, 0.4) is 0 Å². The molecule has 1 amide bonds. The van der Waals surface area contributed by atoms with Crippen LogP contribution in [0.2, 0.25) is 0 Å². The van der Waals surface area contributed by atoms with E-state index in [2.05, 4.69) is 4.98 Å². The Morgan fingerprint density at radius 1 is 1.14 bits per heavy atom. The highest BCUT2D eigenvalue weighted by Gasteiger charge is 2.56. The summed E-state index contributed by atoms with van der Waals surface area (Å²) in [4.78, 5) is 32.2. The van der Waals surface area contributed by atoms with Crippen molar-refractivity contribution in [2.45, 2.75) is 24.8 Å². The second kappa shape index (κ2) is 6.49. The van der Waals surface area contributed by atoms with E-state index in [0.29, 0.717) is 17.7 Å². The van der Waals surface area contributed by atoms with Crippen LogP contribution in [0.4, 0.5) is 0 Å². The molecule has 0 radical (unpaired) electrons. The number of hydrogen-bond acceptors (Lipinski definition) is 5. The summed E-state index contributed by atoms with van der Waals surface area (Å²) >= 11 is 0. The van der Waals surface area contributed by atoms with Gasteiger partial charge in [0.1, 0.15) is 4.90 Å². The summed E-state index contributed by atoms with van der Waals surface area (Å²) in [6.07, 6.45) is 2.80. The number of nitrogens with zero attached hydrogens (tertiary/aromatic N) is 3. The third-order valence-corrected chi connectivity index (χ3v) is 7.58. The Kier molecular flexibility index (Phi) is 4.35. The number of carbonyl (C=O) groups is 2. The molecule has 0 spiro atoms. The van der Waals surface area contributed by atoms with E-state index < -0.39 is 21.5 Å². The van der Waals surface area contributed by atoms with Crippen molar-refractivity contribution in [2.24, 2.45) is 5.41 Å². The number of ketones is 1. The molecule has 8 heteroatoms. The maximum Gasteiger partial charge on any atom is 0.254 e. The molecule has 28 heavy (non-hydrogen) atoms. The van der Waals surface area contributed by atoms with Gasteiger partial charge in [-0.2, -0.15) is 4.31 Å². The van der Waals surface area contributed by atoms with E-state index in [9.17, 15) is 18.0 Å². The highest BCUT2D eigenvalue weighted by molar-refractivity contribution is 7.89. The van der Waals surface area contributed by atoms with Gasteiger partial charge in [0.05, 0.1) is 17.0 Å². The van der Waals surface area contributed by atoms with Crippen LogP contribution >= 0.6 is 0 Å². The molecule has 0 bridgehead atoms. The van der Waals surface area contributed by atoms with Gasteiger partial charge in [-0.25, -0.2) is 8.42 Å². The number of rotatable bonds is 3. The predicted molar refractivity (Wildman–Crippen MR) is 102 cm³/mol. The van der Waals surface area contributed by atoms with Gasteiger partial charge >= 0.3 is 0 Å². The lowest BCUT2D eigenvalue weighted by Crippen LogP contribution is -2.49. The second-order valence-corrected chi connectivity index (χ2v) is 9.32. The van der Waals surface area contributed by atoms with Gasteiger partial charge in [0, 0.05) is 37.6 Å². The molecule has 1 aromatic carbocycles. The van der Waals surface area contributed by atoms with E-state index in [0.717, 1.165) is 0 Å². The fraction of sp³-hybridized carbons (Fsp3) is 0.350. The van der Waals surface area contributed by atoms with Crippen LogP contribution in [-0.2, 0) is 10.0 Å². The summed E-state index contributed by atoms with van der Waals surface area (Å²) in [5, 5.41) is 0.